The van der Waals surface area contributed by atoms with E-state index >= 15 is 0 Å². The quantitative estimate of drug-likeness (QED) is 0.590. The Labute approximate surface area is 124 Å². The number of rotatable bonds is 2. The van der Waals surface area contributed by atoms with Crippen LogP contribution in [0.3, 0.4) is 0 Å². The fourth-order valence-electron chi connectivity index (χ4n) is 1.39. The Morgan fingerprint density at radius 1 is 1.24 bits per heavy atom. The van der Waals surface area contributed by atoms with Gasteiger partial charge in [0.25, 0.3) is 0 Å². The molecule has 0 atom stereocenters. The second-order valence-corrected chi connectivity index (χ2v) is 7.53. The van der Waals surface area contributed by atoms with Crippen molar-refractivity contribution in [3.05, 3.63) is 48.0 Å². The lowest BCUT2D eigenvalue weighted by atomic mass is 10.1. The van der Waals surface area contributed by atoms with Crippen molar-refractivity contribution in [2.45, 2.75) is 0 Å². The molecule has 2 rings (SSSR count). The zero-order valence-electron chi connectivity index (χ0n) is 8.34. The predicted octanol–water partition coefficient (Wildman–Crippen LogP) is 4.74. The SMILES string of the molecule is Nc1cc(Cl)cc(C(=O)c2cc(Br)sc2Br)c1. The number of nitrogen functional groups attached to an aromatic ring is 1. The van der Waals surface area contributed by atoms with Crippen LogP contribution in [-0.2, 0) is 0 Å². The van der Waals surface area contributed by atoms with Gasteiger partial charge in [-0.3, -0.25) is 4.79 Å². The van der Waals surface area contributed by atoms with Gasteiger partial charge in [-0.1, -0.05) is 11.6 Å². The number of carbonyl (C=O) groups excluding carboxylic acids is 1. The van der Waals surface area contributed by atoms with E-state index in [0.717, 1.165) is 7.57 Å². The molecule has 0 unspecified atom stereocenters. The van der Waals surface area contributed by atoms with Gasteiger partial charge in [-0.15, -0.1) is 11.3 Å². The monoisotopic (exact) mass is 393 g/mol. The van der Waals surface area contributed by atoms with Gasteiger partial charge in [-0.25, -0.2) is 0 Å². The molecule has 1 heterocycles. The zero-order chi connectivity index (χ0) is 12.6. The Kier molecular flexibility index (Phi) is 3.92. The normalized spacial score (nSPS) is 10.5. The van der Waals surface area contributed by atoms with Gasteiger partial charge in [-0.2, -0.15) is 0 Å². The van der Waals surface area contributed by atoms with Gasteiger partial charge in [0.05, 0.1) is 7.57 Å². The molecule has 0 spiro atoms. The van der Waals surface area contributed by atoms with Crippen LogP contribution in [0.15, 0.2) is 31.8 Å². The number of anilines is 1. The van der Waals surface area contributed by atoms with Crippen molar-refractivity contribution in [3.63, 3.8) is 0 Å². The third kappa shape index (κ3) is 2.91. The summed E-state index contributed by atoms with van der Waals surface area (Å²) in [6.07, 6.45) is 0. The summed E-state index contributed by atoms with van der Waals surface area (Å²) < 4.78 is 1.68. The first-order valence-corrected chi connectivity index (χ1v) is 7.31. The Bertz CT molecular complexity index is 577. The Morgan fingerprint density at radius 3 is 2.47 bits per heavy atom. The summed E-state index contributed by atoms with van der Waals surface area (Å²) in [6, 6.07) is 6.61. The lowest BCUT2D eigenvalue weighted by molar-refractivity contribution is 0.103. The molecule has 1 aromatic heterocycles. The summed E-state index contributed by atoms with van der Waals surface area (Å²) >= 11 is 14.0. The van der Waals surface area contributed by atoms with E-state index in [1.165, 1.54) is 11.3 Å². The molecule has 1 aromatic carbocycles. The number of hydrogen-bond donors (Lipinski definition) is 1. The van der Waals surface area contributed by atoms with E-state index in [1.54, 1.807) is 24.3 Å². The van der Waals surface area contributed by atoms with E-state index in [2.05, 4.69) is 31.9 Å². The number of benzene rings is 1. The molecule has 0 bridgehead atoms. The molecule has 0 saturated carbocycles. The number of ketones is 1. The molecule has 0 aliphatic carbocycles. The molecule has 2 nitrogen and oxygen atoms in total. The predicted molar refractivity (Wildman–Crippen MR) is 79.0 cm³/mol. The molecule has 0 radical (unpaired) electrons. The average molecular weight is 396 g/mol. The topological polar surface area (TPSA) is 43.1 Å². The summed E-state index contributed by atoms with van der Waals surface area (Å²) in [5.74, 6) is -0.104. The number of carbonyl (C=O) groups is 1. The summed E-state index contributed by atoms with van der Waals surface area (Å²) in [5, 5.41) is 0.457. The van der Waals surface area contributed by atoms with E-state index in [9.17, 15) is 4.79 Å². The second kappa shape index (κ2) is 5.10. The Hall–Kier alpha value is -0.360. The third-order valence-electron chi connectivity index (χ3n) is 2.08. The third-order valence-corrected chi connectivity index (χ3v) is 4.64. The van der Waals surface area contributed by atoms with Gasteiger partial charge < -0.3 is 5.73 Å². The Balaban J connectivity index is 2.47. The van der Waals surface area contributed by atoms with Crippen LogP contribution >= 0.6 is 54.8 Å². The molecule has 0 aliphatic heterocycles. The lowest BCUT2D eigenvalue weighted by Crippen LogP contribution is -2.01. The first-order valence-electron chi connectivity index (χ1n) is 4.53. The van der Waals surface area contributed by atoms with Crippen molar-refractivity contribution in [3.8, 4) is 0 Å². The highest BCUT2D eigenvalue weighted by Gasteiger charge is 2.16. The van der Waals surface area contributed by atoms with Gasteiger partial charge in [0.15, 0.2) is 5.78 Å². The zero-order valence-corrected chi connectivity index (χ0v) is 13.1. The van der Waals surface area contributed by atoms with E-state index in [-0.39, 0.29) is 5.78 Å². The van der Waals surface area contributed by atoms with E-state index in [1.807, 2.05) is 0 Å². The summed E-state index contributed by atoms with van der Waals surface area (Å²) in [7, 11) is 0. The van der Waals surface area contributed by atoms with E-state index in [4.69, 9.17) is 17.3 Å². The van der Waals surface area contributed by atoms with E-state index < -0.39 is 0 Å². The van der Waals surface area contributed by atoms with Crippen LogP contribution in [0.1, 0.15) is 15.9 Å². The number of thiophene rings is 1. The molecule has 6 heteroatoms. The minimum Gasteiger partial charge on any atom is -0.399 e. The minimum atomic E-state index is -0.104. The lowest BCUT2D eigenvalue weighted by Gasteiger charge is -2.02. The van der Waals surface area contributed by atoms with Crippen LogP contribution in [0, 0.1) is 0 Å². The van der Waals surface area contributed by atoms with Crippen LogP contribution in [0.5, 0.6) is 0 Å². The molecule has 2 aromatic rings. The molecular weight excluding hydrogens is 389 g/mol. The van der Waals surface area contributed by atoms with Gasteiger partial charge in [0, 0.05) is 21.8 Å². The maximum absolute atomic E-state index is 12.2. The maximum Gasteiger partial charge on any atom is 0.195 e. The standard InChI is InChI=1S/C11H6Br2ClNOS/c12-9-4-8(11(13)17-9)10(16)5-1-6(14)3-7(15)2-5/h1-4H,15H2. The van der Waals surface area contributed by atoms with Crippen molar-refractivity contribution >= 4 is 66.3 Å². The van der Waals surface area contributed by atoms with Gasteiger partial charge in [0.1, 0.15) is 0 Å². The largest absolute Gasteiger partial charge is 0.399 e. The number of hydrogen-bond acceptors (Lipinski definition) is 3. The highest BCUT2D eigenvalue weighted by molar-refractivity contribution is 9.12. The summed E-state index contributed by atoms with van der Waals surface area (Å²) in [4.78, 5) is 12.2. The van der Waals surface area contributed by atoms with E-state index in [0.29, 0.717) is 21.8 Å². The Morgan fingerprint density at radius 2 is 1.94 bits per heavy atom. The molecular formula is C11H6Br2ClNOS. The fraction of sp³-hybridized carbons (Fsp3) is 0. The second-order valence-electron chi connectivity index (χ2n) is 3.34. The highest BCUT2D eigenvalue weighted by Crippen LogP contribution is 2.33. The highest BCUT2D eigenvalue weighted by atomic mass is 79.9. The maximum atomic E-state index is 12.2. The van der Waals surface area contributed by atoms with Crippen molar-refractivity contribution < 1.29 is 4.79 Å². The van der Waals surface area contributed by atoms with Crippen LogP contribution < -0.4 is 5.73 Å². The van der Waals surface area contributed by atoms with Crippen LogP contribution in [0.2, 0.25) is 5.02 Å². The summed E-state index contributed by atoms with van der Waals surface area (Å²) in [6.45, 7) is 0. The van der Waals surface area contributed by atoms with Crippen molar-refractivity contribution in [1.29, 1.82) is 0 Å². The van der Waals surface area contributed by atoms with Crippen LogP contribution in [0.25, 0.3) is 0 Å². The van der Waals surface area contributed by atoms with Crippen molar-refractivity contribution in [2.24, 2.45) is 0 Å². The molecule has 0 amide bonds. The minimum absolute atomic E-state index is 0.104. The first kappa shape index (κ1) is 13.1. The molecule has 0 saturated heterocycles. The van der Waals surface area contributed by atoms with Crippen molar-refractivity contribution in [2.75, 3.05) is 5.73 Å². The number of halogens is 3. The van der Waals surface area contributed by atoms with Gasteiger partial charge >= 0.3 is 0 Å². The molecule has 17 heavy (non-hydrogen) atoms. The van der Waals surface area contributed by atoms with Crippen LogP contribution in [0.4, 0.5) is 5.69 Å². The molecule has 0 aliphatic rings. The summed E-state index contributed by atoms with van der Waals surface area (Å²) in [5.41, 5.74) is 7.23. The fourth-order valence-corrected chi connectivity index (χ4v) is 4.43. The average Bonchev–Trinajstić information content (AvgIpc) is 2.55. The van der Waals surface area contributed by atoms with Crippen molar-refractivity contribution in [1.82, 2.24) is 0 Å². The molecule has 88 valence electrons. The van der Waals surface area contributed by atoms with Gasteiger partial charge in [-0.05, 0) is 56.1 Å². The smallest absolute Gasteiger partial charge is 0.195 e. The first-order chi connectivity index (χ1) is 7.97. The number of nitrogens with two attached hydrogens (primary N) is 1. The van der Waals surface area contributed by atoms with Gasteiger partial charge in [0.2, 0.25) is 0 Å². The molecule has 0 fully saturated rings. The molecule has 2 N–H and O–H groups in total. The van der Waals surface area contributed by atoms with Crippen LogP contribution in [-0.4, -0.2) is 5.78 Å².